The molecule has 0 heterocycles. The van der Waals surface area contributed by atoms with Crippen molar-refractivity contribution < 1.29 is 24.5 Å². The Morgan fingerprint density at radius 2 is 0.785 bits per heavy atom. The molecule has 0 aliphatic carbocycles. The van der Waals surface area contributed by atoms with Crippen LogP contribution in [0.1, 0.15) is 316 Å². The van der Waals surface area contributed by atoms with E-state index in [-0.39, 0.29) is 24.9 Å². The zero-order valence-electron chi connectivity index (χ0n) is 43.9. The predicted molar refractivity (Wildman–Crippen MR) is 283 cm³/mol. The number of hydrogen-bond acceptors (Lipinski definition) is 5. The Morgan fingerprint density at radius 1 is 0.446 bits per heavy atom. The number of esters is 1. The van der Waals surface area contributed by atoms with Crippen molar-refractivity contribution >= 4 is 11.9 Å². The molecule has 0 spiro atoms. The molecule has 0 aromatic carbocycles. The summed E-state index contributed by atoms with van der Waals surface area (Å²) in [4.78, 5) is 26.2. The fourth-order valence-corrected chi connectivity index (χ4v) is 9.14. The molecule has 6 nitrogen and oxygen atoms in total. The standard InChI is InChI=1S/C59H113NO5/c1-4-7-10-13-16-19-22-25-28-30-33-36-39-42-45-48-51-57(62)56(54-61)60-58(63)53-55(50-47-44-41-38-35-32-27-24-21-18-15-12-9-6-3)65-59(64)52-49-46-43-40-37-34-31-29-26-23-20-17-14-11-8-5-2/h32,35,38,41,55-57,61-62H,4-31,33-34,36-37,39-40,42-54H2,1-3H3,(H,60,63)/b35-32+,41-38+. The maximum atomic E-state index is 13.2. The highest BCUT2D eigenvalue weighted by molar-refractivity contribution is 5.77. The third kappa shape index (κ3) is 48.6. The van der Waals surface area contributed by atoms with E-state index in [1.165, 1.54) is 212 Å². The van der Waals surface area contributed by atoms with E-state index in [4.69, 9.17) is 4.74 Å². The molecule has 0 radical (unpaired) electrons. The van der Waals surface area contributed by atoms with Crippen LogP contribution in [0.3, 0.4) is 0 Å². The minimum absolute atomic E-state index is 0.0506. The van der Waals surface area contributed by atoms with E-state index in [9.17, 15) is 19.8 Å². The SMILES string of the molecule is CCCCCCCCC/C=C/C=C/CCCC(CC(=O)NC(CO)C(O)CCCCCCCCCCCCCCCCCC)OC(=O)CCCCCCCCCCCCCCCCCC. The number of unbranched alkanes of at least 4 members (excludes halogenated alkanes) is 38. The summed E-state index contributed by atoms with van der Waals surface area (Å²) in [5, 5.41) is 23.9. The fourth-order valence-electron chi connectivity index (χ4n) is 9.14. The predicted octanol–water partition coefficient (Wildman–Crippen LogP) is 17.9. The van der Waals surface area contributed by atoms with Crippen molar-refractivity contribution in [1.82, 2.24) is 5.32 Å². The summed E-state index contributed by atoms with van der Waals surface area (Å²) in [6.45, 7) is 6.51. The molecular weight excluding hydrogens is 803 g/mol. The average molecular weight is 917 g/mol. The Morgan fingerprint density at radius 3 is 1.17 bits per heavy atom. The molecule has 384 valence electrons. The lowest BCUT2D eigenvalue weighted by Gasteiger charge is -2.24. The quantitative estimate of drug-likeness (QED) is 0.0321. The Kier molecular flexibility index (Phi) is 51.9. The van der Waals surface area contributed by atoms with Gasteiger partial charge in [0.1, 0.15) is 6.10 Å². The smallest absolute Gasteiger partial charge is 0.306 e. The van der Waals surface area contributed by atoms with E-state index in [0.29, 0.717) is 19.3 Å². The Labute approximate surface area is 405 Å². The second-order valence-electron chi connectivity index (χ2n) is 20.1. The summed E-state index contributed by atoms with van der Waals surface area (Å²) < 4.78 is 5.94. The summed E-state index contributed by atoms with van der Waals surface area (Å²) in [7, 11) is 0. The topological polar surface area (TPSA) is 95.9 Å². The first kappa shape index (κ1) is 63.3. The number of rotatable bonds is 53. The molecule has 0 aromatic heterocycles. The van der Waals surface area contributed by atoms with Crippen LogP contribution in [0.5, 0.6) is 0 Å². The van der Waals surface area contributed by atoms with Gasteiger partial charge in [-0.3, -0.25) is 9.59 Å². The Bertz CT molecular complexity index is 1030. The first-order chi connectivity index (χ1) is 32.0. The molecule has 0 rings (SSSR count). The van der Waals surface area contributed by atoms with Crippen LogP contribution in [-0.4, -0.2) is 46.9 Å². The number of carbonyl (C=O) groups is 2. The van der Waals surface area contributed by atoms with Gasteiger partial charge in [-0.1, -0.05) is 283 Å². The molecule has 0 aliphatic rings. The van der Waals surface area contributed by atoms with Crippen molar-refractivity contribution in [3.05, 3.63) is 24.3 Å². The van der Waals surface area contributed by atoms with Gasteiger partial charge in [-0.05, 0) is 44.9 Å². The van der Waals surface area contributed by atoms with Gasteiger partial charge >= 0.3 is 5.97 Å². The van der Waals surface area contributed by atoms with Crippen LogP contribution in [0.15, 0.2) is 24.3 Å². The van der Waals surface area contributed by atoms with Crippen molar-refractivity contribution in [2.75, 3.05) is 6.61 Å². The number of hydrogen-bond donors (Lipinski definition) is 3. The van der Waals surface area contributed by atoms with Gasteiger partial charge in [0.2, 0.25) is 5.91 Å². The lowest BCUT2D eigenvalue weighted by molar-refractivity contribution is -0.151. The third-order valence-corrected chi connectivity index (χ3v) is 13.6. The van der Waals surface area contributed by atoms with Gasteiger partial charge < -0.3 is 20.3 Å². The Hall–Kier alpha value is -1.66. The number of amides is 1. The number of nitrogens with one attached hydrogen (secondary N) is 1. The van der Waals surface area contributed by atoms with Gasteiger partial charge in [-0.15, -0.1) is 0 Å². The summed E-state index contributed by atoms with van der Waals surface area (Å²) >= 11 is 0. The minimum atomic E-state index is -0.796. The zero-order chi connectivity index (χ0) is 47.4. The molecule has 65 heavy (non-hydrogen) atoms. The lowest BCUT2D eigenvalue weighted by Crippen LogP contribution is -2.46. The first-order valence-corrected chi connectivity index (χ1v) is 29.1. The van der Waals surface area contributed by atoms with E-state index < -0.39 is 18.2 Å². The number of aliphatic hydroxyl groups excluding tert-OH is 2. The number of ether oxygens (including phenoxy) is 1. The van der Waals surface area contributed by atoms with Gasteiger partial charge in [0, 0.05) is 6.42 Å². The van der Waals surface area contributed by atoms with E-state index in [1.807, 2.05) is 0 Å². The van der Waals surface area contributed by atoms with Crippen LogP contribution >= 0.6 is 0 Å². The maximum Gasteiger partial charge on any atom is 0.306 e. The van der Waals surface area contributed by atoms with E-state index in [1.54, 1.807) is 0 Å². The van der Waals surface area contributed by atoms with E-state index >= 15 is 0 Å². The summed E-state index contributed by atoms with van der Waals surface area (Å²) in [5.41, 5.74) is 0. The van der Waals surface area contributed by atoms with Crippen LogP contribution in [0, 0.1) is 0 Å². The van der Waals surface area contributed by atoms with Crippen molar-refractivity contribution in [2.45, 2.75) is 334 Å². The van der Waals surface area contributed by atoms with Gasteiger partial charge in [0.25, 0.3) is 0 Å². The van der Waals surface area contributed by atoms with Crippen LogP contribution in [0.25, 0.3) is 0 Å². The second-order valence-corrected chi connectivity index (χ2v) is 20.1. The van der Waals surface area contributed by atoms with Gasteiger partial charge in [-0.2, -0.15) is 0 Å². The molecule has 6 heteroatoms. The molecule has 3 unspecified atom stereocenters. The second kappa shape index (κ2) is 53.3. The van der Waals surface area contributed by atoms with Crippen molar-refractivity contribution in [3.8, 4) is 0 Å². The molecule has 1 amide bonds. The molecule has 0 aromatic rings. The summed E-state index contributed by atoms with van der Waals surface area (Å²) in [5.74, 6) is -0.502. The Balaban J connectivity index is 4.54. The number of aliphatic hydroxyl groups is 2. The molecule has 3 N–H and O–H groups in total. The molecule has 0 bridgehead atoms. The van der Waals surface area contributed by atoms with E-state index in [0.717, 1.165) is 57.8 Å². The molecule has 0 saturated carbocycles. The summed E-state index contributed by atoms with van der Waals surface area (Å²) in [6.07, 6.45) is 62.5. The fraction of sp³-hybridized carbons (Fsp3) is 0.898. The lowest BCUT2D eigenvalue weighted by atomic mass is 10.0. The van der Waals surface area contributed by atoms with Crippen molar-refractivity contribution in [1.29, 1.82) is 0 Å². The largest absolute Gasteiger partial charge is 0.462 e. The van der Waals surface area contributed by atoms with Gasteiger partial charge in [0.05, 0.1) is 25.2 Å². The van der Waals surface area contributed by atoms with Crippen molar-refractivity contribution in [3.63, 3.8) is 0 Å². The first-order valence-electron chi connectivity index (χ1n) is 29.1. The van der Waals surface area contributed by atoms with Gasteiger partial charge in [-0.25, -0.2) is 0 Å². The molecule has 3 atom stereocenters. The average Bonchev–Trinajstić information content (AvgIpc) is 3.30. The minimum Gasteiger partial charge on any atom is -0.462 e. The normalized spacial score (nSPS) is 13.2. The van der Waals surface area contributed by atoms with Crippen LogP contribution < -0.4 is 5.32 Å². The third-order valence-electron chi connectivity index (χ3n) is 13.6. The van der Waals surface area contributed by atoms with Crippen LogP contribution in [-0.2, 0) is 14.3 Å². The maximum absolute atomic E-state index is 13.2. The van der Waals surface area contributed by atoms with E-state index in [2.05, 4.69) is 50.4 Å². The molecular formula is C59H113NO5. The number of allylic oxidation sites excluding steroid dienone is 4. The highest BCUT2D eigenvalue weighted by atomic mass is 16.5. The van der Waals surface area contributed by atoms with Crippen LogP contribution in [0.2, 0.25) is 0 Å². The van der Waals surface area contributed by atoms with Gasteiger partial charge in [0.15, 0.2) is 0 Å². The van der Waals surface area contributed by atoms with Crippen LogP contribution in [0.4, 0.5) is 0 Å². The highest BCUT2D eigenvalue weighted by Gasteiger charge is 2.24. The molecule has 0 aliphatic heterocycles. The summed E-state index contributed by atoms with van der Waals surface area (Å²) in [6, 6.07) is -0.712. The number of carbonyl (C=O) groups excluding carboxylic acids is 2. The monoisotopic (exact) mass is 916 g/mol. The molecule has 0 fully saturated rings. The zero-order valence-corrected chi connectivity index (χ0v) is 43.9. The van der Waals surface area contributed by atoms with Crippen molar-refractivity contribution in [2.24, 2.45) is 0 Å². The molecule has 0 saturated heterocycles. The highest BCUT2D eigenvalue weighted by Crippen LogP contribution is 2.18.